The lowest BCUT2D eigenvalue weighted by atomic mass is 9.97. The lowest BCUT2D eigenvalue weighted by Gasteiger charge is -2.23. The number of carboxylic acid groups (broad SMARTS) is 1. The maximum atomic E-state index is 12.7. The molecule has 1 rings (SSSR count). The van der Waals surface area contributed by atoms with Gasteiger partial charge in [-0.05, 0) is 6.42 Å². The highest BCUT2D eigenvalue weighted by molar-refractivity contribution is 5.73. The molecule has 2 N–H and O–H groups in total. The molecule has 3 atom stereocenters. The van der Waals surface area contributed by atoms with E-state index in [9.17, 15) is 18.0 Å². The summed E-state index contributed by atoms with van der Waals surface area (Å²) < 4.78 is 38.0. The molecule has 0 bridgehead atoms. The molecule has 0 amide bonds. The summed E-state index contributed by atoms with van der Waals surface area (Å²) in [5.41, 5.74) is 0. The van der Waals surface area contributed by atoms with E-state index in [0.29, 0.717) is 0 Å². The molecule has 0 aromatic carbocycles. The Balaban J connectivity index is 2.79. The minimum absolute atomic E-state index is 0.0223. The van der Waals surface area contributed by atoms with Crippen molar-refractivity contribution in [1.29, 1.82) is 0 Å². The van der Waals surface area contributed by atoms with Crippen LogP contribution in [0.25, 0.3) is 0 Å². The second-order valence-electron chi connectivity index (χ2n) is 4.31. The zero-order valence-electron chi connectivity index (χ0n) is 9.44. The molecule has 1 aliphatic heterocycles. The van der Waals surface area contributed by atoms with Gasteiger partial charge in [0.1, 0.15) is 6.04 Å². The summed E-state index contributed by atoms with van der Waals surface area (Å²) in [5.74, 6) is -3.68. The molecule has 0 aromatic heterocycles. The highest BCUT2D eigenvalue weighted by Gasteiger charge is 2.50. The summed E-state index contributed by atoms with van der Waals surface area (Å²) >= 11 is 0. The normalized spacial score (nSPS) is 28.3. The maximum absolute atomic E-state index is 12.7. The summed E-state index contributed by atoms with van der Waals surface area (Å²) in [4.78, 5) is 12.2. The number of carboxylic acids is 1. The predicted molar refractivity (Wildman–Crippen MR) is 53.4 cm³/mol. The van der Waals surface area contributed by atoms with Gasteiger partial charge in [0.05, 0.1) is 5.92 Å². The highest BCUT2D eigenvalue weighted by Crippen LogP contribution is 2.38. The smallest absolute Gasteiger partial charge is 0.393 e. The first-order valence-corrected chi connectivity index (χ1v) is 5.45. The van der Waals surface area contributed by atoms with Crippen LogP contribution in [0.3, 0.4) is 0 Å². The van der Waals surface area contributed by atoms with Gasteiger partial charge in [-0.1, -0.05) is 6.92 Å². The van der Waals surface area contributed by atoms with E-state index in [1.54, 1.807) is 6.92 Å². The molecule has 0 aromatic rings. The molecule has 1 saturated heterocycles. The van der Waals surface area contributed by atoms with E-state index in [1.165, 1.54) is 4.90 Å². The van der Waals surface area contributed by atoms with Crippen molar-refractivity contribution in [2.75, 3.05) is 19.7 Å². The Morgan fingerprint density at radius 1 is 1.47 bits per heavy atom. The number of aliphatic hydroxyl groups is 1. The fourth-order valence-corrected chi connectivity index (χ4v) is 2.30. The molecule has 0 aliphatic carbocycles. The molecular weight excluding hydrogens is 239 g/mol. The van der Waals surface area contributed by atoms with Crippen LogP contribution in [0.2, 0.25) is 0 Å². The van der Waals surface area contributed by atoms with E-state index < -0.39 is 36.6 Å². The molecule has 0 unspecified atom stereocenters. The van der Waals surface area contributed by atoms with Crippen LogP contribution in [0.1, 0.15) is 13.3 Å². The molecule has 100 valence electrons. The Morgan fingerprint density at radius 2 is 2.06 bits per heavy atom. The Morgan fingerprint density at radius 3 is 2.35 bits per heavy atom. The Hall–Kier alpha value is -0.820. The van der Waals surface area contributed by atoms with E-state index in [-0.39, 0.29) is 19.5 Å². The Kier molecular flexibility index (Phi) is 4.37. The van der Waals surface area contributed by atoms with Crippen molar-refractivity contribution in [3.63, 3.8) is 0 Å². The van der Waals surface area contributed by atoms with Crippen molar-refractivity contribution in [3.8, 4) is 0 Å². The van der Waals surface area contributed by atoms with Gasteiger partial charge in [0.25, 0.3) is 0 Å². The summed E-state index contributed by atoms with van der Waals surface area (Å²) in [6, 6.07) is -0.906. The van der Waals surface area contributed by atoms with Gasteiger partial charge in [-0.3, -0.25) is 9.69 Å². The molecule has 0 saturated carbocycles. The van der Waals surface area contributed by atoms with Gasteiger partial charge >= 0.3 is 12.1 Å². The minimum Gasteiger partial charge on any atom is -0.480 e. The molecule has 17 heavy (non-hydrogen) atoms. The van der Waals surface area contributed by atoms with E-state index in [2.05, 4.69) is 0 Å². The van der Waals surface area contributed by atoms with E-state index in [1.807, 2.05) is 0 Å². The summed E-state index contributed by atoms with van der Waals surface area (Å²) in [6.45, 7) is 0.676. The predicted octanol–water partition coefficient (Wildman–Crippen LogP) is 0.952. The van der Waals surface area contributed by atoms with Gasteiger partial charge in [-0.25, -0.2) is 0 Å². The zero-order valence-corrected chi connectivity index (χ0v) is 9.44. The van der Waals surface area contributed by atoms with Crippen molar-refractivity contribution >= 4 is 5.97 Å². The largest absolute Gasteiger partial charge is 0.480 e. The molecule has 1 aliphatic rings. The molecule has 0 spiro atoms. The first kappa shape index (κ1) is 14.2. The molecular formula is C10H16F3NO3. The number of hydrogen-bond donors (Lipinski definition) is 2. The van der Waals surface area contributed by atoms with Crippen molar-refractivity contribution < 1.29 is 28.2 Å². The molecule has 7 heteroatoms. The fraction of sp³-hybridized carbons (Fsp3) is 0.900. The molecule has 0 radical (unpaired) electrons. The standard InChI is InChI=1S/C10H16F3NO3/c1-2-8(9(16)17)14-3-6(5-15)7(4-14)10(11,12)13/h6-8,15H,2-5H2,1H3,(H,16,17)/t6-,7+,8-/m1/s1. The summed E-state index contributed by atoms with van der Waals surface area (Å²) in [5, 5.41) is 17.8. The zero-order chi connectivity index (χ0) is 13.2. The lowest BCUT2D eigenvalue weighted by molar-refractivity contribution is -0.183. The third kappa shape index (κ3) is 3.10. The number of rotatable bonds is 4. The highest BCUT2D eigenvalue weighted by atomic mass is 19.4. The number of nitrogens with zero attached hydrogens (tertiary/aromatic N) is 1. The van der Waals surface area contributed by atoms with Crippen molar-refractivity contribution in [1.82, 2.24) is 4.90 Å². The van der Waals surface area contributed by atoms with Crippen LogP contribution >= 0.6 is 0 Å². The Bertz CT molecular complexity index is 282. The lowest BCUT2D eigenvalue weighted by Crippen LogP contribution is -2.40. The van der Waals surface area contributed by atoms with Gasteiger partial charge in [0, 0.05) is 25.6 Å². The first-order chi connectivity index (χ1) is 7.81. The van der Waals surface area contributed by atoms with Crippen molar-refractivity contribution in [2.24, 2.45) is 11.8 Å². The third-order valence-electron chi connectivity index (χ3n) is 3.24. The van der Waals surface area contributed by atoms with E-state index >= 15 is 0 Å². The molecule has 1 fully saturated rings. The summed E-state index contributed by atoms with van der Waals surface area (Å²) in [7, 11) is 0. The number of carbonyl (C=O) groups is 1. The quantitative estimate of drug-likeness (QED) is 0.785. The van der Waals surface area contributed by atoms with Crippen LogP contribution in [0.5, 0.6) is 0 Å². The van der Waals surface area contributed by atoms with Crippen molar-refractivity contribution in [3.05, 3.63) is 0 Å². The number of likely N-dealkylation sites (tertiary alicyclic amines) is 1. The average Bonchev–Trinajstić information content (AvgIpc) is 2.61. The number of aliphatic hydroxyl groups excluding tert-OH is 1. The van der Waals surface area contributed by atoms with Crippen molar-refractivity contribution in [2.45, 2.75) is 25.6 Å². The van der Waals surface area contributed by atoms with Crippen LogP contribution in [-0.2, 0) is 4.79 Å². The molecule has 1 heterocycles. The third-order valence-corrected chi connectivity index (χ3v) is 3.24. The number of hydrogen-bond acceptors (Lipinski definition) is 3. The van der Waals surface area contributed by atoms with Gasteiger partial charge in [0.15, 0.2) is 0 Å². The van der Waals surface area contributed by atoms with Crippen LogP contribution < -0.4 is 0 Å². The van der Waals surface area contributed by atoms with E-state index in [4.69, 9.17) is 10.2 Å². The van der Waals surface area contributed by atoms with Crippen LogP contribution in [0, 0.1) is 11.8 Å². The first-order valence-electron chi connectivity index (χ1n) is 5.45. The summed E-state index contributed by atoms with van der Waals surface area (Å²) in [6.07, 6.45) is -4.14. The maximum Gasteiger partial charge on any atom is 0.393 e. The minimum atomic E-state index is -4.39. The van der Waals surface area contributed by atoms with Gasteiger partial charge in [-0.15, -0.1) is 0 Å². The number of aliphatic carboxylic acids is 1. The number of halogens is 3. The van der Waals surface area contributed by atoms with Gasteiger partial charge in [0.2, 0.25) is 0 Å². The SMILES string of the molecule is CC[C@H](C(=O)O)N1C[C@H](CO)[C@@H](C(F)(F)F)C1. The van der Waals surface area contributed by atoms with Crippen LogP contribution in [0.4, 0.5) is 13.2 Å². The van der Waals surface area contributed by atoms with Gasteiger partial charge in [-0.2, -0.15) is 13.2 Å². The monoisotopic (exact) mass is 255 g/mol. The Labute approximate surface area is 97.0 Å². The average molecular weight is 255 g/mol. The van der Waals surface area contributed by atoms with E-state index in [0.717, 1.165) is 0 Å². The molecule has 4 nitrogen and oxygen atoms in total. The second-order valence-corrected chi connectivity index (χ2v) is 4.31. The van der Waals surface area contributed by atoms with Crippen LogP contribution in [0.15, 0.2) is 0 Å². The topological polar surface area (TPSA) is 60.8 Å². The van der Waals surface area contributed by atoms with Gasteiger partial charge < -0.3 is 10.2 Å². The second kappa shape index (κ2) is 5.22. The van der Waals surface area contributed by atoms with Crippen LogP contribution in [-0.4, -0.2) is 53.0 Å². The fourth-order valence-electron chi connectivity index (χ4n) is 2.30. The number of alkyl halides is 3.